The monoisotopic (exact) mass is 370 g/mol. The number of alkyl halides is 3. The number of nitrogens with zero attached hydrogens (tertiary/aromatic N) is 4. The minimum Gasteiger partial charge on any atom is -0.354 e. The standard InChI is InChI=1S/C17H21F3N4O2/c1-22(2)15(25)10-24-12-7-6-11(16(24)26)8-23(9-12)14-5-3-4-13(21-14)17(18,19)20/h3-5,11-12H,6-10H2,1-2H3/t11-,12+/m1/s1. The number of pyridine rings is 1. The van der Waals surface area contributed by atoms with Crippen molar-refractivity contribution in [2.45, 2.75) is 25.1 Å². The number of fused-ring (bicyclic) bond motifs is 4. The molecule has 1 aromatic rings. The Hall–Kier alpha value is -2.32. The van der Waals surface area contributed by atoms with Crippen LogP contribution < -0.4 is 4.90 Å². The fourth-order valence-corrected chi connectivity index (χ4v) is 3.48. The number of likely N-dealkylation sites (N-methyl/N-ethyl adjacent to an activating group) is 1. The van der Waals surface area contributed by atoms with Gasteiger partial charge in [0.15, 0.2) is 0 Å². The van der Waals surface area contributed by atoms with Crippen LogP contribution in [-0.4, -0.2) is 66.4 Å². The lowest BCUT2D eigenvalue weighted by atomic mass is 9.94. The van der Waals surface area contributed by atoms with E-state index in [4.69, 9.17) is 0 Å². The van der Waals surface area contributed by atoms with Crippen molar-refractivity contribution in [3.8, 4) is 0 Å². The van der Waals surface area contributed by atoms with E-state index in [9.17, 15) is 22.8 Å². The van der Waals surface area contributed by atoms with E-state index in [1.807, 2.05) is 0 Å². The highest BCUT2D eigenvalue weighted by Crippen LogP contribution is 2.33. The summed E-state index contributed by atoms with van der Waals surface area (Å²) in [6, 6.07) is 3.58. The predicted octanol–water partition coefficient (Wildman–Crippen LogP) is 1.62. The molecule has 3 saturated heterocycles. The normalized spacial score (nSPS) is 23.2. The fourth-order valence-electron chi connectivity index (χ4n) is 3.48. The lowest BCUT2D eigenvalue weighted by Gasteiger charge is -2.35. The van der Waals surface area contributed by atoms with Gasteiger partial charge in [0.05, 0.1) is 5.92 Å². The third kappa shape index (κ3) is 3.61. The SMILES string of the molecule is CN(C)C(=O)CN1C(=O)[C@@H]2CC[C@H]1CN(c1cccc(C(F)(F)F)n1)C2. The number of carbonyl (C=O) groups is 2. The Morgan fingerprint density at radius 2 is 2.00 bits per heavy atom. The largest absolute Gasteiger partial charge is 0.433 e. The first-order chi connectivity index (χ1) is 12.2. The molecule has 0 unspecified atom stereocenters. The Morgan fingerprint density at radius 3 is 2.65 bits per heavy atom. The summed E-state index contributed by atoms with van der Waals surface area (Å²) in [5.74, 6) is -0.397. The first-order valence-corrected chi connectivity index (χ1v) is 8.46. The number of hydrogen-bond acceptors (Lipinski definition) is 4. The minimum absolute atomic E-state index is 0.00312. The predicted molar refractivity (Wildman–Crippen MR) is 88.4 cm³/mol. The topological polar surface area (TPSA) is 56.8 Å². The van der Waals surface area contributed by atoms with Crippen LogP contribution in [0.3, 0.4) is 0 Å². The number of anilines is 1. The Bertz CT molecular complexity index is 707. The van der Waals surface area contributed by atoms with Crippen molar-refractivity contribution in [1.82, 2.24) is 14.8 Å². The summed E-state index contributed by atoms with van der Waals surface area (Å²) in [4.78, 5) is 33.2. The fraction of sp³-hybridized carbons (Fsp3) is 0.588. The quantitative estimate of drug-likeness (QED) is 0.811. The van der Waals surface area contributed by atoms with Crippen molar-refractivity contribution in [2.24, 2.45) is 5.92 Å². The molecule has 0 aliphatic carbocycles. The van der Waals surface area contributed by atoms with Gasteiger partial charge in [-0.1, -0.05) is 6.07 Å². The molecular formula is C17H21F3N4O2. The van der Waals surface area contributed by atoms with Crippen LogP contribution in [-0.2, 0) is 15.8 Å². The van der Waals surface area contributed by atoms with Gasteiger partial charge < -0.3 is 14.7 Å². The summed E-state index contributed by atoms with van der Waals surface area (Å²) in [6.07, 6.45) is -3.11. The number of piperidine rings is 1. The Morgan fingerprint density at radius 1 is 1.27 bits per heavy atom. The first-order valence-electron chi connectivity index (χ1n) is 8.46. The maximum absolute atomic E-state index is 12.9. The zero-order valence-corrected chi connectivity index (χ0v) is 14.7. The van der Waals surface area contributed by atoms with Gasteiger partial charge in [0, 0.05) is 33.2 Å². The number of hydrogen-bond donors (Lipinski definition) is 0. The third-order valence-electron chi connectivity index (χ3n) is 4.95. The Kier molecular flexibility index (Phi) is 4.81. The molecule has 9 heteroatoms. The lowest BCUT2D eigenvalue weighted by molar-refractivity contribution is -0.145. The van der Waals surface area contributed by atoms with Crippen molar-refractivity contribution in [2.75, 3.05) is 38.6 Å². The van der Waals surface area contributed by atoms with Gasteiger partial charge in [0.1, 0.15) is 18.1 Å². The maximum Gasteiger partial charge on any atom is 0.433 e. The summed E-state index contributed by atoms with van der Waals surface area (Å²) < 4.78 is 38.8. The van der Waals surface area contributed by atoms with Crippen molar-refractivity contribution in [3.05, 3.63) is 23.9 Å². The average Bonchev–Trinajstić information content (AvgIpc) is 2.87. The van der Waals surface area contributed by atoms with E-state index >= 15 is 0 Å². The second kappa shape index (κ2) is 6.77. The van der Waals surface area contributed by atoms with Crippen LogP contribution in [0, 0.1) is 5.92 Å². The molecule has 0 saturated carbocycles. The van der Waals surface area contributed by atoms with Crippen molar-refractivity contribution >= 4 is 17.6 Å². The van der Waals surface area contributed by atoms with E-state index in [2.05, 4.69) is 4.98 Å². The van der Waals surface area contributed by atoms with Crippen LogP contribution in [0.5, 0.6) is 0 Å². The van der Waals surface area contributed by atoms with Crippen LogP contribution in [0.15, 0.2) is 18.2 Å². The van der Waals surface area contributed by atoms with E-state index in [0.717, 1.165) is 12.5 Å². The van der Waals surface area contributed by atoms with Crippen molar-refractivity contribution in [3.63, 3.8) is 0 Å². The average molecular weight is 370 g/mol. The Labute approximate surface area is 149 Å². The molecule has 3 aliphatic heterocycles. The Balaban J connectivity index is 1.84. The molecule has 0 spiro atoms. The second-order valence-electron chi connectivity index (χ2n) is 6.97. The van der Waals surface area contributed by atoms with Gasteiger partial charge in [0.25, 0.3) is 0 Å². The van der Waals surface area contributed by atoms with Gasteiger partial charge >= 0.3 is 6.18 Å². The lowest BCUT2D eigenvalue weighted by Crippen LogP contribution is -2.51. The zero-order valence-electron chi connectivity index (χ0n) is 14.7. The van der Waals surface area contributed by atoms with Gasteiger partial charge in [-0.2, -0.15) is 13.2 Å². The van der Waals surface area contributed by atoms with E-state index in [-0.39, 0.29) is 36.1 Å². The molecule has 0 N–H and O–H groups in total. The summed E-state index contributed by atoms with van der Waals surface area (Å²) in [7, 11) is 3.25. The molecule has 26 heavy (non-hydrogen) atoms. The van der Waals surface area contributed by atoms with E-state index in [0.29, 0.717) is 19.5 Å². The van der Waals surface area contributed by atoms with E-state index in [1.165, 1.54) is 17.0 Å². The molecule has 142 valence electrons. The number of rotatable bonds is 3. The van der Waals surface area contributed by atoms with Gasteiger partial charge in [-0.3, -0.25) is 9.59 Å². The smallest absolute Gasteiger partial charge is 0.354 e. The summed E-state index contributed by atoms with van der Waals surface area (Å²) >= 11 is 0. The summed E-state index contributed by atoms with van der Waals surface area (Å²) in [6.45, 7) is 0.685. The van der Waals surface area contributed by atoms with E-state index < -0.39 is 11.9 Å². The number of carbonyl (C=O) groups excluding carboxylic acids is 2. The molecule has 1 aromatic heterocycles. The highest BCUT2D eigenvalue weighted by atomic mass is 19.4. The maximum atomic E-state index is 12.9. The van der Waals surface area contributed by atoms with Gasteiger partial charge in [-0.05, 0) is 25.0 Å². The first kappa shape index (κ1) is 18.5. The summed E-state index contributed by atoms with van der Waals surface area (Å²) in [5.41, 5.74) is -0.947. The van der Waals surface area contributed by atoms with Gasteiger partial charge in [0.2, 0.25) is 11.8 Å². The molecule has 4 rings (SSSR count). The third-order valence-corrected chi connectivity index (χ3v) is 4.95. The summed E-state index contributed by atoms with van der Waals surface area (Å²) in [5, 5.41) is 0. The molecule has 4 heterocycles. The molecule has 0 aromatic carbocycles. The van der Waals surface area contributed by atoms with Crippen LogP contribution in [0.4, 0.5) is 19.0 Å². The van der Waals surface area contributed by atoms with E-state index in [1.54, 1.807) is 23.9 Å². The van der Waals surface area contributed by atoms with Crippen molar-refractivity contribution < 1.29 is 22.8 Å². The molecule has 0 radical (unpaired) electrons. The van der Waals surface area contributed by atoms with Gasteiger partial charge in [-0.15, -0.1) is 0 Å². The highest BCUT2D eigenvalue weighted by molar-refractivity contribution is 5.87. The van der Waals surface area contributed by atoms with Crippen LogP contribution >= 0.6 is 0 Å². The van der Waals surface area contributed by atoms with Crippen LogP contribution in [0.2, 0.25) is 0 Å². The minimum atomic E-state index is -4.51. The highest BCUT2D eigenvalue weighted by Gasteiger charge is 2.42. The number of halogens is 3. The zero-order chi connectivity index (χ0) is 19.1. The molecule has 2 atom stereocenters. The molecule has 3 aliphatic rings. The second-order valence-corrected chi connectivity index (χ2v) is 6.97. The number of aromatic nitrogens is 1. The molecule has 2 bridgehead atoms. The molecule has 2 amide bonds. The van der Waals surface area contributed by atoms with Gasteiger partial charge in [-0.25, -0.2) is 4.98 Å². The molecular weight excluding hydrogens is 349 g/mol. The van der Waals surface area contributed by atoms with Crippen LogP contribution in [0.1, 0.15) is 18.5 Å². The van der Waals surface area contributed by atoms with Crippen molar-refractivity contribution in [1.29, 1.82) is 0 Å². The van der Waals surface area contributed by atoms with Crippen LogP contribution in [0.25, 0.3) is 0 Å². The number of amides is 2. The molecule has 6 nitrogen and oxygen atoms in total. The molecule has 3 fully saturated rings.